The number of benzene rings is 1. The fraction of sp³-hybridized carbons (Fsp3) is 0.364. The predicted octanol–water partition coefficient (Wildman–Crippen LogP) is 0.523. The van der Waals surface area contributed by atoms with E-state index in [1.165, 1.54) is 0 Å². The van der Waals surface area contributed by atoms with Crippen molar-refractivity contribution in [3.63, 3.8) is 0 Å². The van der Waals surface area contributed by atoms with Crippen LogP contribution in [-0.2, 0) is 21.0 Å². The smallest absolute Gasteiger partial charge is 0.328 e. The maximum Gasteiger partial charge on any atom is 0.328 e. The summed E-state index contributed by atoms with van der Waals surface area (Å²) in [5.41, 5.74) is 2.80. The summed E-state index contributed by atoms with van der Waals surface area (Å²) >= 11 is 0. The molecular weight excluding hydrogens is 224 g/mol. The Hall–Kier alpha value is -1.63. The predicted molar refractivity (Wildman–Crippen MR) is 60.7 cm³/mol. The number of hydrogen-bond donors (Lipinski definition) is 2. The Kier molecular flexibility index (Phi) is 6.02. The van der Waals surface area contributed by atoms with Crippen LogP contribution in [0.1, 0.15) is 12.0 Å². The number of ether oxygens (including phenoxy) is 2. The van der Waals surface area contributed by atoms with E-state index in [2.05, 4.69) is 4.84 Å². The van der Waals surface area contributed by atoms with Gasteiger partial charge in [0.05, 0.1) is 26.7 Å². The first-order valence-corrected chi connectivity index (χ1v) is 5.12. The van der Waals surface area contributed by atoms with Crippen LogP contribution in [0.4, 0.5) is 0 Å². The second-order valence-electron chi connectivity index (χ2n) is 3.25. The number of rotatable bonds is 7. The van der Waals surface area contributed by atoms with Crippen molar-refractivity contribution in [1.82, 2.24) is 5.59 Å². The van der Waals surface area contributed by atoms with E-state index in [4.69, 9.17) is 15.3 Å². The van der Waals surface area contributed by atoms with Gasteiger partial charge in [-0.1, -0.05) is 17.7 Å². The largest absolute Gasteiger partial charge is 0.497 e. The Morgan fingerprint density at radius 2 is 2.29 bits per heavy atom. The lowest BCUT2D eigenvalue weighted by Crippen LogP contribution is -2.26. The monoisotopic (exact) mass is 240 g/mol. The van der Waals surface area contributed by atoms with Crippen LogP contribution in [0.25, 0.3) is 0 Å². The SMILES string of the molecule is COc1cccc(COCCC(=O)ONN)c1. The average molecular weight is 240 g/mol. The van der Waals surface area contributed by atoms with Gasteiger partial charge in [0, 0.05) is 0 Å². The van der Waals surface area contributed by atoms with E-state index in [1.54, 1.807) is 7.11 Å². The lowest BCUT2D eigenvalue weighted by molar-refractivity contribution is -0.152. The molecule has 3 N–H and O–H groups in total. The molecule has 0 atom stereocenters. The van der Waals surface area contributed by atoms with Crippen molar-refractivity contribution in [2.75, 3.05) is 13.7 Å². The zero-order valence-corrected chi connectivity index (χ0v) is 9.64. The maximum absolute atomic E-state index is 10.9. The summed E-state index contributed by atoms with van der Waals surface area (Å²) < 4.78 is 10.4. The highest BCUT2D eigenvalue weighted by Crippen LogP contribution is 2.13. The van der Waals surface area contributed by atoms with Gasteiger partial charge in [0.2, 0.25) is 0 Å². The Bertz CT molecular complexity index is 357. The van der Waals surface area contributed by atoms with E-state index in [1.807, 2.05) is 29.9 Å². The van der Waals surface area contributed by atoms with Crippen LogP contribution in [0.5, 0.6) is 5.75 Å². The molecule has 0 aliphatic rings. The van der Waals surface area contributed by atoms with Crippen molar-refractivity contribution in [2.24, 2.45) is 5.84 Å². The summed E-state index contributed by atoms with van der Waals surface area (Å²) in [5, 5.41) is 0. The number of nitrogens with two attached hydrogens (primary N) is 1. The van der Waals surface area contributed by atoms with Crippen LogP contribution >= 0.6 is 0 Å². The van der Waals surface area contributed by atoms with Crippen LogP contribution in [0.3, 0.4) is 0 Å². The summed E-state index contributed by atoms with van der Waals surface area (Å²) in [7, 11) is 1.61. The van der Waals surface area contributed by atoms with Crippen molar-refractivity contribution in [1.29, 1.82) is 0 Å². The molecule has 1 rings (SSSR count). The minimum absolute atomic E-state index is 0.147. The molecule has 6 heteroatoms. The van der Waals surface area contributed by atoms with Crippen molar-refractivity contribution in [3.8, 4) is 5.75 Å². The summed E-state index contributed by atoms with van der Waals surface area (Å²) in [4.78, 5) is 15.2. The summed E-state index contributed by atoms with van der Waals surface area (Å²) in [5.74, 6) is 5.12. The van der Waals surface area contributed by atoms with Gasteiger partial charge in [-0.2, -0.15) is 0 Å². The fourth-order valence-electron chi connectivity index (χ4n) is 1.22. The minimum Gasteiger partial charge on any atom is -0.497 e. The average Bonchev–Trinajstić information content (AvgIpc) is 2.35. The second-order valence-corrected chi connectivity index (χ2v) is 3.25. The van der Waals surface area contributed by atoms with E-state index in [0.29, 0.717) is 6.61 Å². The molecule has 6 nitrogen and oxygen atoms in total. The lowest BCUT2D eigenvalue weighted by atomic mass is 10.2. The molecule has 0 spiro atoms. The summed E-state index contributed by atoms with van der Waals surface area (Å²) in [6.07, 6.45) is 0.147. The number of nitrogens with one attached hydrogen (secondary N) is 1. The molecule has 1 aromatic rings. The number of hydrazine groups is 1. The molecule has 0 bridgehead atoms. The molecule has 0 amide bonds. The van der Waals surface area contributed by atoms with E-state index in [9.17, 15) is 4.79 Å². The molecule has 0 aliphatic heterocycles. The minimum atomic E-state index is -0.460. The van der Waals surface area contributed by atoms with Crippen molar-refractivity contribution in [3.05, 3.63) is 29.8 Å². The van der Waals surface area contributed by atoms with Crippen molar-refractivity contribution in [2.45, 2.75) is 13.0 Å². The van der Waals surface area contributed by atoms with Gasteiger partial charge < -0.3 is 14.3 Å². The molecule has 0 aromatic heterocycles. The highest BCUT2D eigenvalue weighted by molar-refractivity contribution is 5.69. The van der Waals surface area contributed by atoms with Crippen LogP contribution in [0, 0.1) is 0 Å². The zero-order valence-electron chi connectivity index (χ0n) is 9.64. The molecule has 0 heterocycles. The Morgan fingerprint density at radius 3 is 3.00 bits per heavy atom. The third-order valence-electron chi connectivity index (χ3n) is 2.03. The Morgan fingerprint density at radius 1 is 1.47 bits per heavy atom. The number of carbonyl (C=O) groups is 1. The molecule has 0 aliphatic carbocycles. The molecule has 0 saturated carbocycles. The Balaban J connectivity index is 2.24. The number of carbonyl (C=O) groups excluding carboxylic acids is 1. The van der Waals surface area contributed by atoms with Crippen molar-refractivity contribution < 1.29 is 19.1 Å². The van der Waals surface area contributed by atoms with Crippen LogP contribution in [-0.4, -0.2) is 19.7 Å². The van der Waals surface area contributed by atoms with Gasteiger partial charge in [0.15, 0.2) is 0 Å². The van der Waals surface area contributed by atoms with E-state index >= 15 is 0 Å². The quantitative estimate of drug-likeness (QED) is 0.411. The van der Waals surface area contributed by atoms with E-state index < -0.39 is 5.97 Å². The van der Waals surface area contributed by atoms with E-state index in [0.717, 1.165) is 11.3 Å². The van der Waals surface area contributed by atoms with Gasteiger partial charge >= 0.3 is 5.97 Å². The molecular formula is C11H16N2O4. The number of hydrogen-bond acceptors (Lipinski definition) is 6. The Labute approximate surface area is 99.6 Å². The fourth-order valence-corrected chi connectivity index (χ4v) is 1.22. The van der Waals surface area contributed by atoms with Gasteiger partial charge in [-0.05, 0) is 17.7 Å². The zero-order chi connectivity index (χ0) is 12.5. The second kappa shape index (κ2) is 7.61. The normalized spacial score (nSPS) is 10.0. The molecule has 94 valence electrons. The van der Waals surface area contributed by atoms with Gasteiger partial charge in [-0.3, -0.25) is 4.79 Å². The maximum atomic E-state index is 10.9. The number of methoxy groups -OCH3 is 1. The molecule has 0 saturated heterocycles. The first-order valence-electron chi connectivity index (χ1n) is 5.12. The van der Waals surface area contributed by atoms with Crippen molar-refractivity contribution >= 4 is 5.97 Å². The summed E-state index contributed by atoms with van der Waals surface area (Å²) in [6, 6.07) is 7.53. The topological polar surface area (TPSA) is 82.8 Å². The lowest BCUT2D eigenvalue weighted by Gasteiger charge is -2.05. The standard InChI is InChI=1S/C11H16N2O4/c1-15-10-4-2-3-9(7-10)8-16-6-5-11(14)17-13-12/h2-4,7,13H,5-6,8,12H2,1H3. The highest BCUT2D eigenvalue weighted by atomic mass is 16.7. The van der Waals surface area contributed by atoms with Gasteiger partial charge in [0.1, 0.15) is 5.75 Å². The van der Waals surface area contributed by atoms with Gasteiger partial charge in [-0.15, -0.1) is 0 Å². The van der Waals surface area contributed by atoms with Crippen LogP contribution in [0.2, 0.25) is 0 Å². The highest BCUT2D eigenvalue weighted by Gasteiger charge is 2.02. The van der Waals surface area contributed by atoms with Gasteiger partial charge in [-0.25, -0.2) is 5.84 Å². The molecule has 0 unspecified atom stereocenters. The van der Waals surface area contributed by atoms with Gasteiger partial charge in [0.25, 0.3) is 0 Å². The first-order chi connectivity index (χ1) is 8.26. The third kappa shape index (κ3) is 5.30. The molecule has 17 heavy (non-hydrogen) atoms. The third-order valence-corrected chi connectivity index (χ3v) is 2.03. The van der Waals surface area contributed by atoms with E-state index in [-0.39, 0.29) is 13.0 Å². The molecule has 1 aromatic carbocycles. The molecule has 0 radical (unpaired) electrons. The summed E-state index contributed by atoms with van der Waals surface area (Å²) in [6.45, 7) is 0.693. The first kappa shape index (κ1) is 13.4. The van der Waals surface area contributed by atoms with Crippen LogP contribution < -0.4 is 16.2 Å². The molecule has 0 fully saturated rings. The van der Waals surface area contributed by atoms with Crippen LogP contribution in [0.15, 0.2) is 24.3 Å².